The molecule has 2 N–H and O–H groups in total. The first-order chi connectivity index (χ1) is 6.68. The van der Waals surface area contributed by atoms with E-state index in [0.29, 0.717) is 5.92 Å². The standard InChI is InChI=1S/C11H17N3/c1-8-4-3-5-13-11(8)14-6-9(2)10(12)7-14/h3-5,9-10H,6-7,12H2,1-2H3. The van der Waals surface area contributed by atoms with E-state index in [1.807, 2.05) is 12.3 Å². The Hall–Kier alpha value is -1.09. The Balaban J connectivity index is 2.21. The second kappa shape index (κ2) is 3.58. The van der Waals surface area contributed by atoms with Crippen molar-refractivity contribution in [3.05, 3.63) is 23.9 Å². The van der Waals surface area contributed by atoms with Crippen LogP contribution in [0.1, 0.15) is 12.5 Å². The third-order valence-electron chi connectivity index (χ3n) is 2.95. The number of hydrogen-bond donors (Lipinski definition) is 1. The molecule has 1 aliphatic heterocycles. The quantitative estimate of drug-likeness (QED) is 0.724. The monoisotopic (exact) mass is 191 g/mol. The number of nitrogens with zero attached hydrogens (tertiary/aromatic N) is 2. The van der Waals surface area contributed by atoms with Crippen LogP contribution < -0.4 is 10.6 Å². The summed E-state index contributed by atoms with van der Waals surface area (Å²) in [7, 11) is 0. The van der Waals surface area contributed by atoms with Crippen molar-refractivity contribution in [1.29, 1.82) is 0 Å². The molecule has 0 amide bonds. The number of anilines is 1. The lowest BCUT2D eigenvalue weighted by molar-refractivity contribution is 0.566. The van der Waals surface area contributed by atoms with Crippen molar-refractivity contribution in [2.75, 3.05) is 18.0 Å². The van der Waals surface area contributed by atoms with Crippen molar-refractivity contribution in [1.82, 2.24) is 4.98 Å². The van der Waals surface area contributed by atoms with Crippen LogP contribution in [-0.2, 0) is 0 Å². The highest BCUT2D eigenvalue weighted by Crippen LogP contribution is 2.23. The maximum Gasteiger partial charge on any atom is 0.131 e. The van der Waals surface area contributed by atoms with Gasteiger partial charge >= 0.3 is 0 Å². The molecule has 2 unspecified atom stereocenters. The lowest BCUT2D eigenvalue weighted by Gasteiger charge is -2.18. The van der Waals surface area contributed by atoms with E-state index < -0.39 is 0 Å². The second-order valence-electron chi connectivity index (χ2n) is 4.19. The zero-order chi connectivity index (χ0) is 10.1. The van der Waals surface area contributed by atoms with Crippen LogP contribution in [0.5, 0.6) is 0 Å². The Kier molecular flexibility index (Phi) is 2.42. The summed E-state index contributed by atoms with van der Waals surface area (Å²) in [6.45, 7) is 6.25. The first-order valence-corrected chi connectivity index (χ1v) is 5.10. The largest absolute Gasteiger partial charge is 0.355 e. The summed E-state index contributed by atoms with van der Waals surface area (Å²) in [4.78, 5) is 6.68. The van der Waals surface area contributed by atoms with Gasteiger partial charge in [0.05, 0.1) is 0 Å². The molecule has 14 heavy (non-hydrogen) atoms. The smallest absolute Gasteiger partial charge is 0.131 e. The summed E-state index contributed by atoms with van der Waals surface area (Å²) >= 11 is 0. The topological polar surface area (TPSA) is 42.2 Å². The van der Waals surface area contributed by atoms with E-state index in [1.54, 1.807) is 0 Å². The van der Waals surface area contributed by atoms with Crippen LogP contribution in [0.25, 0.3) is 0 Å². The minimum Gasteiger partial charge on any atom is -0.355 e. The van der Waals surface area contributed by atoms with Gasteiger partial charge in [-0.2, -0.15) is 0 Å². The normalized spacial score (nSPS) is 26.9. The van der Waals surface area contributed by atoms with E-state index in [-0.39, 0.29) is 6.04 Å². The minimum atomic E-state index is 0.288. The van der Waals surface area contributed by atoms with Gasteiger partial charge in [0.1, 0.15) is 5.82 Å². The summed E-state index contributed by atoms with van der Waals surface area (Å²) in [5.41, 5.74) is 7.22. The van der Waals surface area contributed by atoms with Crippen LogP contribution >= 0.6 is 0 Å². The SMILES string of the molecule is Cc1cccnc1N1CC(C)C(N)C1. The molecule has 0 aliphatic carbocycles. The molecular formula is C11H17N3. The molecule has 1 aromatic rings. The van der Waals surface area contributed by atoms with Crippen molar-refractivity contribution >= 4 is 5.82 Å². The number of pyridine rings is 1. The molecule has 0 bridgehead atoms. The van der Waals surface area contributed by atoms with Crippen LogP contribution in [0.3, 0.4) is 0 Å². The van der Waals surface area contributed by atoms with Crippen molar-refractivity contribution in [2.24, 2.45) is 11.7 Å². The van der Waals surface area contributed by atoms with E-state index >= 15 is 0 Å². The predicted octanol–water partition coefficient (Wildman–Crippen LogP) is 1.17. The molecule has 0 spiro atoms. The minimum absolute atomic E-state index is 0.288. The van der Waals surface area contributed by atoms with E-state index in [9.17, 15) is 0 Å². The van der Waals surface area contributed by atoms with Crippen molar-refractivity contribution < 1.29 is 0 Å². The molecule has 3 heteroatoms. The molecule has 2 atom stereocenters. The predicted molar refractivity (Wildman–Crippen MR) is 58.3 cm³/mol. The van der Waals surface area contributed by atoms with Gasteiger partial charge in [-0.05, 0) is 24.5 Å². The molecule has 1 aromatic heterocycles. The number of rotatable bonds is 1. The van der Waals surface area contributed by atoms with Gasteiger partial charge in [-0.25, -0.2) is 4.98 Å². The lowest BCUT2D eigenvalue weighted by atomic mass is 10.1. The summed E-state index contributed by atoms with van der Waals surface area (Å²) < 4.78 is 0. The van der Waals surface area contributed by atoms with E-state index in [4.69, 9.17) is 5.73 Å². The summed E-state index contributed by atoms with van der Waals surface area (Å²) in [6.07, 6.45) is 1.84. The summed E-state index contributed by atoms with van der Waals surface area (Å²) in [5, 5.41) is 0. The third kappa shape index (κ3) is 1.60. The zero-order valence-corrected chi connectivity index (χ0v) is 8.77. The number of aromatic nitrogens is 1. The van der Waals surface area contributed by atoms with Crippen molar-refractivity contribution in [3.63, 3.8) is 0 Å². The second-order valence-corrected chi connectivity index (χ2v) is 4.19. The maximum absolute atomic E-state index is 5.99. The van der Waals surface area contributed by atoms with Crippen molar-refractivity contribution in [2.45, 2.75) is 19.9 Å². The van der Waals surface area contributed by atoms with Gasteiger partial charge in [-0.3, -0.25) is 0 Å². The van der Waals surface area contributed by atoms with Crippen molar-refractivity contribution in [3.8, 4) is 0 Å². The van der Waals surface area contributed by atoms with Gasteiger partial charge in [-0.1, -0.05) is 13.0 Å². The van der Waals surface area contributed by atoms with Crippen LogP contribution in [0.15, 0.2) is 18.3 Å². The first kappa shape index (κ1) is 9.46. The molecule has 0 saturated carbocycles. The Morgan fingerprint density at radius 2 is 2.29 bits per heavy atom. The molecule has 1 aliphatic rings. The van der Waals surface area contributed by atoms with Gasteiger partial charge < -0.3 is 10.6 Å². The highest BCUT2D eigenvalue weighted by atomic mass is 15.2. The Morgan fingerprint density at radius 1 is 1.50 bits per heavy atom. The molecule has 0 aromatic carbocycles. The van der Waals surface area contributed by atoms with E-state index in [0.717, 1.165) is 18.9 Å². The highest BCUT2D eigenvalue weighted by Gasteiger charge is 2.27. The first-order valence-electron chi connectivity index (χ1n) is 5.10. The van der Waals surface area contributed by atoms with Gasteiger partial charge in [-0.15, -0.1) is 0 Å². The number of nitrogens with two attached hydrogens (primary N) is 1. The van der Waals surface area contributed by atoms with Crippen LogP contribution in [0, 0.1) is 12.8 Å². The molecule has 2 heterocycles. The number of hydrogen-bond acceptors (Lipinski definition) is 3. The van der Waals surface area contributed by atoms with E-state index in [1.165, 1.54) is 5.56 Å². The van der Waals surface area contributed by atoms with Crippen LogP contribution in [0.4, 0.5) is 5.82 Å². The fraction of sp³-hybridized carbons (Fsp3) is 0.545. The molecule has 0 radical (unpaired) electrons. The molecule has 76 valence electrons. The fourth-order valence-corrected chi connectivity index (χ4v) is 1.97. The Morgan fingerprint density at radius 3 is 2.86 bits per heavy atom. The molecule has 2 rings (SSSR count). The molecule has 1 fully saturated rings. The zero-order valence-electron chi connectivity index (χ0n) is 8.77. The summed E-state index contributed by atoms with van der Waals surface area (Å²) in [6, 6.07) is 4.35. The summed E-state index contributed by atoms with van der Waals surface area (Å²) in [5.74, 6) is 1.66. The Labute approximate surface area is 84.9 Å². The van der Waals surface area contributed by atoms with Gasteiger partial charge in [0, 0.05) is 25.3 Å². The van der Waals surface area contributed by atoms with Crippen LogP contribution in [-0.4, -0.2) is 24.1 Å². The third-order valence-corrected chi connectivity index (χ3v) is 2.95. The van der Waals surface area contributed by atoms with E-state index in [2.05, 4.69) is 29.8 Å². The molecular weight excluding hydrogens is 174 g/mol. The Bertz CT molecular complexity index is 314. The van der Waals surface area contributed by atoms with Gasteiger partial charge in [0.2, 0.25) is 0 Å². The van der Waals surface area contributed by atoms with Gasteiger partial charge in [0.25, 0.3) is 0 Å². The van der Waals surface area contributed by atoms with Gasteiger partial charge in [0.15, 0.2) is 0 Å². The number of aryl methyl sites for hydroxylation is 1. The molecule has 3 nitrogen and oxygen atoms in total. The maximum atomic E-state index is 5.99. The highest BCUT2D eigenvalue weighted by molar-refractivity contribution is 5.47. The average Bonchev–Trinajstić information content (AvgIpc) is 2.48. The molecule has 1 saturated heterocycles. The lowest BCUT2D eigenvalue weighted by Crippen LogP contribution is -2.28. The fourth-order valence-electron chi connectivity index (χ4n) is 1.97. The van der Waals surface area contributed by atoms with Crippen LogP contribution in [0.2, 0.25) is 0 Å². The average molecular weight is 191 g/mol.